The van der Waals surface area contributed by atoms with Crippen molar-refractivity contribution < 1.29 is 13.2 Å². The van der Waals surface area contributed by atoms with Crippen molar-refractivity contribution in [2.24, 2.45) is 0 Å². The number of aromatic amines is 1. The van der Waals surface area contributed by atoms with Crippen LogP contribution in [0.3, 0.4) is 0 Å². The molecule has 0 spiro atoms. The predicted octanol–water partition coefficient (Wildman–Crippen LogP) is 3.93. The third-order valence-electron chi connectivity index (χ3n) is 5.53. The van der Waals surface area contributed by atoms with Crippen LogP contribution in [-0.4, -0.2) is 31.2 Å². The first kappa shape index (κ1) is 21.3. The number of halogens is 3. The SMILES string of the molecule is CCCn1cc(CN2CCc3nc(-c4ccc(C(F)(F)F)cc4)[nH]c(=O)c3C2)c(C)n1. The minimum absolute atomic E-state index is 0.247. The van der Waals surface area contributed by atoms with Gasteiger partial charge in [0, 0.05) is 49.9 Å². The summed E-state index contributed by atoms with van der Waals surface area (Å²) in [5, 5.41) is 4.53. The lowest BCUT2D eigenvalue weighted by Gasteiger charge is -2.27. The van der Waals surface area contributed by atoms with Crippen molar-refractivity contribution in [2.45, 2.75) is 52.5 Å². The van der Waals surface area contributed by atoms with Crippen molar-refractivity contribution in [3.05, 3.63) is 68.9 Å². The molecule has 0 bridgehead atoms. The molecule has 0 radical (unpaired) electrons. The number of hydrogen-bond donors (Lipinski definition) is 1. The van der Waals surface area contributed by atoms with Crippen LogP contribution in [0.5, 0.6) is 0 Å². The summed E-state index contributed by atoms with van der Waals surface area (Å²) in [5.41, 5.74) is 2.92. The van der Waals surface area contributed by atoms with Gasteiger partial charge in [0.2, 0.25) is 0 Å². The molecular formula is C22H24F3N5O. The van der Waals surface area contributed by atoms with E-state index >= 15 is 0 Å². The molecule has 31 heavy (non-hydrogen) atoms. The molecule has 1 aliphatic heterocycles. The third kappa shape index (κ3) is 4.56. The highest BCUT2D eigenvalue weighted by Gasteiger charge is 2.30. The van der Waals surface area contributed by atoms with Gasteiger partial charge in [0.1, 0.15) is 5.82 Å². The molecule has 0 fully saturated rings. The highest BCUT2D eigenvalue weighted by Crippen LogP contribution is 2.30. The summed E-state index contributed by atoms with van der Waals surface area (Å²) < 4.78 is 40.3. The zero-order valence-corrected chi connectivity index (χ0v) is 17.5. The fraction of sp³-hybridized carbons (Fsp3) is 0.409. The maximum Gasteiger partial charge on any atom is 0.416 e. The summed E-state index contributed by atoms with van der Waals surface area (Å²) in [6, 6.07) is 4.66. The van der Waals surface area contributed by atoms with Crippen LogP contribution in [0.25, 0.3) is 11.4 Å². The van der Waals surface area contributed by atoms with E-state index in [9.17, 15) is 18.0 Å². The van der Waals surface area contributed by atoms with Crippen LogP contribution >= 0.6 is 0 Å². The molecule has 4 rings (SSSR count). The van der Waals surface area contributed by atoms with E-state index in [1.807, 2.05) is 11.6 Å². The molecule has 3 aromatic rings. The molecule has 3 heterocycles. The lowest BCUT2D eigenvalue weighted by Crippen LogP contribution is -2.35. The average molecular weight is 431 g/mol. The van der Waals surface area contributed by atoms with Gasteiger partial charge in [-0.25, -0.2) is 4.98 Å². The number of aryl methyl sites for hydroxylation is 2. The summed E-state index contributed by atoms with van der Waals surface area (Å²) in [5.74, 6) is 0.294. The smallest absolute Gasteiger partial charge is 0.306 e. The largest absolute Gasteiger partial charge is 0.416 e. The molecule has 0 saturated carbocycles. The Balaban J connectivity index is 1.53. The predicted molar refractivity (Wildman–Crippen MR) is 110 cm³/mol. The number of hydrogen-bond acceptors (Lipinski definition) is 4. The van der Waals surface area contributed by atoms with E-state index in [2.05, 4.69) is 33.1 Å². The Morgan fingerprint density at radius 3 is 2.61 bits per heavy atom. The molecule has 2 aromatic heterocycles. The summed E-state index contributed by atoms with van der Waals surface area (Å²) in [4.78, 5) is 22.2. The number of aromatic nitrogens is 4. The molecule has 1 N–H and O–H groups in total. The van der Waals surface area contributed by atoms with Crippen LogP contribution in [0.1, 0.15) is 41.4 Å². The number of nitrogens with one attached hydrogen (secondary N) is 1. The van der Waals surface area contributed by atoms with Crippen LogP contribution in [-0.2, 0) is 32.2 Å². The Kier molecular flexibility index (Phi) is 5.70. The van der Waals surface area contributed by atoms with Gasteiger partial charge in [0.15, 0.2) is 0 Å². The zero-order chi connectivity index (χ0) is 22.2. The molecule has 1 aromatic carbocycles. The minimum atomic E-state index is -4.40. The molecule has 0 atom stereocenters. The van der Waals surface area contributed by atoms with Gasteiger partial charge in [0.05, 0.1) is 22.5 Å². The fourth-order valence-corrected chi connectivity index (χ4v) is 3.87. The summed E-state index contributed by atoms with van der Waals surface area (Å²) >= 11 is 0. The standard InChI is InChI=1S/C22H24F3N5O/c1-3-9-30-12-16(14(2)28-30)11-29-10-8-19-18(13-29)21(31)27-20(26-19)15-4-6-17(7-5-15)22(23,24)25/h4-7,12H,3,8-11,13H2,1-2H3,(H,26,27,31). The number of H-pyrrole nitrogens is 1. The van der Waals surface area contributed by atoms with Crippen LogP contribution < -0.4 is 5.56 Å². The minimum Gasteiger partial charge on any atom is -0.306 e. The van der Waals surface area contributed by atoms with Crippen LogP contribution in [0, 0.1) is 6.92 Å². The first-order chi connectivity index (χ1) is 14.7. The number of rotatable bonds is 5. The summed E-state index contributed by atoms with van der Waals surface area (Å²) in [6.07, 6.45) is -0.719. The van der Waals surface area contributed by atoms with Gasteiger partial charge < -0.3 is 4.98 Å². The van der Waals surface area contributed by atoms with Crippen molar-refractivity contribution in [2.75, 3.05) is 6.54 Å². The number of nitrogens with zero attached hydrogens (tertiary/aromatic N) is 4. The van der Waals surface area contributed by atoms with Gasteiger partial charge in [-0.2, -0.15) is 18.3 Å². The molecule has 1 aliphatic rings. The first-order valence-corrected chi connectivity index (χ1v) is 10.3. The highest BCUT2D eigenvalue weighted by atomic mass is 19.4. The van der Waals surface area contributed by atoms with Crippen molar-refractivity contribution in [3.63, 3.8) is 0 Å². The fourth-order valence-electron chi connectivity index (χ4n) is 3.87. The Morgan fingerprint density at radius 2 is 1.94 bits per heavy atom. The van der Waals surface area contributed by atoms with E-state index in [1.54, 1.807) is 0 Å². The van der Waals surface area contributed by atoms with E-state index < -0.39 is 11.7 Å². The highest BCUT2D eigenvalue weighted by molar-refractivity contribution is 5.56. The first-order valence-electron chi connectivity index (χ1n) is 10.3. The Morgan fingerprint density at radius 1 is 1.19 bits per heavy atom. The van der Waals surface area contributed by atoms with Gasteiger partial charge >= 0.3 is 6.18 Å². The Bertz CT molecular complexity index is 1130. The maximum atomic E-state index is 12.8. The quantitative estimate of drug-likeness (QED) is 0.665. The Labute approximate surface area is 177 Å². The molecule has 0 amide bonds. The lowest BCUT2D eigenvalue weighted by molar-refractivity contribution is -0.137. The summed E-state index contributed by atoms with van der Waals surface area (Å²) in [7, 11) is 0. The second kappa shape index (κ2) is 8.30. The second-order valence-electron chi connectivity index (χ2n) is 7.88. The van der Waals surface area contributed by atoms with Gasteiger partial charge in [-0.3, -0.25) is 14.4 Å². The van der Waals surface area contributed by atoms with E-state index in [4.69, 9.17) is 0 Å². The van der Waals surface area contributed by atoms with Crippen LogP contribution in [0.4, 0.5) is 13.2 Å². The molecule has 0 unspecified atom stereocenters. The van der Waals surface area contributed by atoms with Gasteiger partial charge in [-0.05, 0) is 25.5 Å². The monoisotopic (exact) mass is 431 g/mol. The van der Waals surface area contributed by atoms with Crippen LogP contribution in [0.15, 0.2) is 35.3 Å². The number of benzene rings is 1. The molecule has 164 valence electrons. The molecule has 9 heteroatoms. The second-order valence-corrected chi connectivity index (χ2v) is 7.88. The molecule has 0 saturated heterocycles. The van der Waals surface area contributed by atoms with E-state index in [-0.39, 0.29) is 5.56 Å². The van der Waals surface area contributed by atoms with Crippen LogP contribution in [0.2, 0.25) is 0 Å². The molecule has 0 aliphatic carbocycles. The normalized spacial score (nSPS) is 14.6. The zero-order valence-electron chi connectivity index (χ0n) is 17.5. The third-order valence-corrected chi connectivity index (χ3v) is 5.53. The van der Waals surface area contributed by atoms with Crippen molar-refractivity contribution >= 4 is 0 Å². The van der Waals surface area contributed by atoms with Gasteiger partial charge in [-0.15, -0.1) is 0 Å². The average Bonchev–Trinajstić information content (AvgIpc) is 3.07. The topological polar surface area (TPSA) is 66.8 Å². The van der Waals surface area contributed by atoms with Gasteiger partial charge in [0.25, 0.3) is 5.56 Å². The maximum absolute atomic E-state index is 12.8. The van der Waals surface area contributed by atoms with Crippen molar-refractivity contribution in [1.29, 1.82) is 0 Å². The molecular weight excluding hydrogens is 407 g/mol. The van der Waals surface area contributed by atoms with E-state index in [1.165, 1.54) is 12.1 Å². The van der Waals surface area contributed by atoms with E-state index in [0.29, 0.717) is 42.2 Å². The van der Waals surface area contributed by atoms with Crippen molar-refractivity contribution in [3.8, 4) is 11.4 Å². The molecule has 6 nitrogen and oxygen atoms in total. The summed E-state index contributed by atoms with van der Waals surface area (Å²) in [6.45, 7) is 6.90. The number of alkyl halides is 3. The van der Waals surface area contributed by atoms with Crippen molar-refractivity contribution in [1.82, 2.24) is 24.6 Å². The van der Waals surface area contributed by atoms with E-state index in [0.717, 1.165) is 42.9 Å². The Hall–Kier alpha value is -2.94. The van der Waals surface area contributed by atoms with Gasteiger partial charge in [-0.1, -0.05) is 19.1 Å². The number of fused-ring (bicyclic) bond motifs is 1. The lowest BCUT2D eigenvalue weighted by atomic mass is 10.1.